The van der Waals surface area contributed by atoms with Crippen molar-refractivity contribution in [1.29, 1.82) is 0 Å². The molecule has 1 fully saturated rings. The summed E-state index contributed by atoms with van der Waals surface area (Å²) in [6.45, 7) is 3.91. The lowest BCUT2D eigenvalue weighted by Crippen LogP contribution is -2.52. The minimum absolute atomic E-state index is 0.324. The first-order valence-electron chi connectivity index (χ1n) is 9.35. The molecule has 0 unspecified atom stereocenters. The Balaban J connectivity index is 1.59. The Morgan fingerprint density at radius 2 is 1.82 bits per heavy atom. The third-order valence-corrected chi connectivity index (χ3v) is 4.94. The fourth-order valence-electron chi connectivity index (χ4n) is 3.40. The van der Waals surface area contributed by atoms with Gasteiger partial charge in [-0.15, -0.1) is 0 Å². The third-order valence-electron chi connectivity index (χ3n) is 4.94. The van der Waals surface area contributed by atoms with Crippen LogP contribution in [0.2, 0.25) is 0 Å². The number of aliphatic imine (C=N–C) groups is 1. The first kappa shape index (κ1) is 19.7. The third kappa shape index (κ3) is 4.42. The maximum Gasteiger partial charge on any atom is 0.194 e. The largest absolute Gasteiger partial charge is 0.506 e. The Morgan fingerprint density at radius 1 is 1.07 bits per heavy atom. The average molecular weight is 384 g/mol. The normalized spacial score (nSPS) is 14.8. The summed E-state index contributed by atoms with van der Waals surface area (Å²) in [7, 11) is 5.09. The summed E-state index contributed by atoms with van der Waals surface area (Å²) >= 11 is 0. The quantitative estimate of drug-likeness (QED) is 0.609. The molecule has 150 valence electrons. The summed E-state index contributed by atoms with van der Waals surface area (Å²) in [5, 5.41) is 13.5. The SMILES string of the molecule is CN=C(NCc1ccc(OC)cc1OC)N1CCN(c2ccccc2O)CC1. The molecule has 0 atom stereocenters. The Labute approximate surface area is 166 Å². The number of rotatable bonds is 5. The standard InChI is InChI=1S/C21H28N4O3/c1-22-21(23-15-16-8-9-17(27-2)14-20(16)28-3)25-12-10-24(11-13-25)18-6-4-5-7-19(18)26/h4-9,14,26H,10-13,15H2,1-3H3,(H,22,23). The van der Waals surface area contributed by atoms with Crippen LogP contribution in [0.4, 0.5) is 5.69 Å². The number of nitrogens with zero attached hydrogens (tertiary/aromatic N) is 3. The van der Waals surface area contributed by atoms with Crippen molar-refractivity contribution >= 4 is 11.6 Å². The van der Waals surface area contributed by atoms with Gasteiger partial charge in [0.05, 0.1) is 19.9 Å². The van der Waals surface area contributed by atoms with Crippen LogP contribution < -0.4 is 19.7 Å². The zero-order chi connectivity index (χ0) is 19.9. The number of methoxy groups -OCH3 is 2. The van der Waals surface area contributed by atoms with E-state index in [0.717, 1.165) is 54.9 Å². The van der Waals surface area contributed by atoms with Crippen molar-refractivity contribution < 1.29 is 14.6 Å². The lowest BCUT2D eigenvalue weighted by molar-refractivity contribution is 0.368. The highest BCUT2D eigenvalue weighted by atomic mass is 16.5. The first-order valence-corrected chi connectivity index (χ1v) is 9.35. The number of guanidine groups is 1. The molecule has 1 aliphatic heterocycles. The number of aromatic hydroxyl groups is 1. The van der Waals surface area contributed by atoms with Crippen molar-refractivity contribution in [3.05, 3.63) is 48.0 Å². The van der Waals surface area contributed by atoms with E-state index in [-0.39, 0.29) is 0 Å². The molecular weight excluding hydrogens is 356 g/mol. The topological polar surface area (TPSA) is 69.6 Å². The zero-order valence-electron chi connectivity index (χ0n) is 16.7. The number of phenols is 1. The van der Waals surface area contributed by atoms with Gasteiger partial charge in [0.2, 0.25) is 0 Å². The van der Waals surface area contributed by atoms with Gasteiger partial charge in [-0.05, 0) is 24.3 Å². The highest BCUT2D eigenvalue weighted by Crippen LogP contribution is 2.27. The smallest absolute Gasteiger partial charge is 0.194 e. The molecule has 0 radical (unpaired) electrons. The molecule has 28 heavy (non-hydrogen) atoms. The maximum atomic E-state index is 10.1. The van der Waals surface area contributed by atoms with Gasteiger partial charge in [-0.25, -0.2) is 0 Å². The number of hydrogen-bond donors (Lipinski definition) is 2. The number of benzene rings is 2. The Hall–Kier alpha value is -3.09. The number of para-hydroxylation sites is 2. The van der Waals surface area contributed by atoms with Crippen LogP contribution in [0.1, 0.15) is 5.56 Å². The van der Waals surface area contributed by atoms with Crippen molar-refractivity contribution in [1.82, 2.24) is 10.2 Å². The molecule has 1 heterocycles. The second kappa shape index (κ2) is 9.21. The number of anilines is 1. The van der Waals surface area contributed by atoms with Crippen molar-refractivity contribution in [2.45, 2.75) is 6.54 Å². The molecule has 2 aromatic rings. The van der Waals surface area contributed by atoms with E-state index in [1.54, 1.807) is 27.3 Å². The molecule has 0 bridgehead atoms. The van der Waals surface area contributed by atoms with E-state index >= 15 is 0 Å². The predicted molar refractivity (Wildman–Crippen MR) is 112 cm³/mol. The van der Waals surface area contributed by atoms with Crippen LogP contribution in [0.25, 0.3) is 0 Å². The Kier molecular flexibility index (Phi) is 6.47. The number of piperazine rings is 1. The summed E-state index contributed by atoms with van der Waals surface area (Å²) in [5.74, 6) is 2.73. The van der Waals surface area contributed by atoms with Crippen LogP contribution >= 0.6 is 0 Å². The highest BCUT2D eigenvalue weighted by Gasteiger charge is 2.21. The summed E-state index contributed by atoms with van der Waals surface area (Å²) in [5.41, 5.74) is 1.92. The van der Waals surface area contributed by atoms with E-state index < -0.39 is 0 Å². The fraction of sp³-hybridized carbons (Fsp3) is 0.381. The van der Waals surface area contributed by atoms with Gasteiger partial charge in [-0.2, -0.15) is 0 Å². The molecule has 2 aromatic carbocycles. The van der Waals surface area contributed by atoms with Crippen LogP contribution in [-0.2, 0) is 6.54 Å². The van der Waals surface area contributed by atoms with Crippen LogP contribution in [0.3, 0.4) is 0 Å². The molecule has 0 spiro atoms. The summed E-state index contributed by atoms with van der Waals surface area (Å²) < 4.78 is 10.7. The molecule has 1 saturated heterocycles. The Bertz CT molecular complexity index is 817. The van der Waals surface area contributed by atoms with Gasteiger partial charge < -0.3 is 29.7 Å². The molecule has 0 amide bonds. The van der Waals surface area contributed by atoms with Crippen molar-refractivity contribution in [3.8, 4) is 17.2 Å². The van der Waals surface area contributed by atoms with Crippen LogP contribution in [0, 0.1) is 0 Å². The molecule has 2 N–H and O–H groups in total. The molecular formula is C21H28N4O3. The molecule has 3 rings (SSSR count). The van der Waals surface area contributed by atoms with Gasteiger partial charge in [0.1, 0.15) is 17.2 Å². The van der Waals surface area contributed by atoms with Gasteiger partial charge in [0.15, 0.2) is 5.96 Å². The van der Waals surface area contributed by atoms with E-state index in [9.17, 15) is 5.11 Å². The summed E-state index contributed by atoms with van der Waals surface area (Å²) in [6, 6.07) is 13.3. The second-order valence-corrected chi connectivity index (χ2v) is 6.54. The monoisotopic (exact) mass is 384 g/mol. The van der Waals surface area contributed by atoms with E-state index in [0.29, 0.717) is 12.3 Å². The highest BCUT2D eigenvalue weighted by molar-refractivity contribution is 5.80. The lowest BCUT2D eigenvalue weighted by Gasteiger charge is -2.37. The second-order valence-electron chi connectivity index (χ2n) is 6.54. The zero-order valence-corrected chi connectivity index (χ0v) is 16.7. The molecule has 7 heteroatoms. The van der Waals surface area contributed by atoms with Crippen molar-refractivity contribution in [2.75, 3.05) is 52.3 Å². The maximum absolute atomic E-state index is 10.1. The van der Waals surface area contributed by atoms with Crippen molar-refractivity contribution in [3.63, 3.8) is 0 Å². The van der Waals surface area contributed by atoms with Gasteiger partial charge in [-0.3, -0.25) is 4.99 Å². The van der Waals surface area contributed by atoms with Crippen LogP contribution in [0.5, 0.6) is 17.2 Å². The van der Waals surface area contributed by atoms with E-state index in [4.69, 9.17) is 9.47 Å². The molecule has 7 nitrogen and oxygen atoms in total. The lowest BCUT2D eigenvalue weighted by atomic mass is 10.2. The van der Waals surface area contributed by atoms with Gasteiger partial charge in [0.25, 0.3) is 0 Å². The summed E-state index contributed by atoms with van der Waals surface area (Å²) in [4.78, 5) is 8.86. The van der Waals surface area contributed by atoms with Crippen LogP contribution in [0.15, 0.2) is 47.5 Å². The predicted octanol–water partition coefficient (Wildman–Crippen LogP) is 2.31. The van der Waals surface area contributed by atoms with E-state index in [2.05, 4.69) is 20.1 Å². The number of nitrogens with one attached hydrogen (secondary N) is 1. The minimum Gasteiger partial charge on any atom is -0.506 e. The fourth-order valence-corrected chi connectivity index (χ4v) is 3.40. The summed E-state index contributed by atoms with van der Waals surface area (Å²) in [6.07, 6.45) is 0. The van der Waals surface area contributed by atoms with E-state index in [1.807, 2.05) is 36.4 Å². The minimum atomic E-state index is 0.324. The molecule has 0 saturated carbocycles. The Morgan fingerprint density at radius 3 is 2.46 bits per heavy atom. The molecule has 0 aliphatic carbocycles. The van der Waals surface area contributed by atoms with Crippen LogP contribution in [-0.4, -0.2) is 63.4 Å². The number of phenolic OH excluding ortho intramolecular Hbond substituents is 1. The van der Waals surface area contributed by atoms with E-state index in [1.165, 1.54) is 0 Å². The molecule has 0 aromatic heterocycles. The first-order chi connectivity index (χ1) is 13.7. The number of ether oxygens (including phenoxy) is 2. The molecule has 1 aliphatic rings. The average Bonchev–Trinajstić information content (AvgIpc) is 2.75. The van der Waals surface area contributed by atoms with Crippen molar-refractivity contribution in [2.24, 2.45) is 4.99 Å². The van der Waals surface area contributed by atoms with Gasteiger partial charge >= 0.3 is 0 Å². The number of hydrogen-bond acceptors (Lipinski definition) is 5. The van der Waals surface area contributed by atoms with Gasteiger partial charge in [-0.1, -0.05) is 12.1 Å². The van der Waals surface area contributed by atoms with Gasteiger partial charge in [0, 0.05) is 51.4 Å².